The van der Waals surface area contributed by atoms with Crippen LogP contribution < -0.4 is 5.73 Å². The monoisotopic (exact) mass is 391 g/mol. The van der Waals surface area contributed by atoms with Gasteiger partial charge < -0.3 is 10.2 Å². The lowest BCUT2D eigenvalue weighted by Crippen LogP contribution is -2.06. The van der Waals surface area contributed by atoms with Crippen molar-refractivity contribution in [1.82, 2.24) is 29.4 Å². The standard InChI is InChI=1S/C19H17N7OS/c20-19-23-17-14(18-22-16(24-26(18)19)15-4-2-10-27-15)11-21-25(17)9-1-3-12-5-7-13(28)8-6-12/h2,4-8,10-11,28H,1,3,9H2,(H2,20,23). The van der Waals surface area contributed by atoms with Crippen molar-refractivity contribution in [3.63, 3.8) is 0 Å². The first-order chi connectivity index (χ1) is 13.7. The molecule has 0 atom stereocenters. The van der Waals surface area contributed by atoms with Gasteiger partial charge >= 0.3 is 0 Å². The van der Waals surface area contributed by atoms with Gasteiger partial charge in [0, 0.05) is 11.4 Å². The maximum absolute atomic E-state index is 6.12. The summed E-state index contributed by atoms with van der Waals surface area (Å²) < 4.78 is 8.76. The second-order valence-electron chi connectivity index (χ2n) is 6.49. The predicted octanol–water partition coefficient (Wildman–Crippen LogP) is 3.24. The zero-order chi connectivity index (χ0) is 19.1. The molecule has 0 radical (unpaired) electrons. The van der Waals surface area contributed by atoms with Crippen molar-refractivity contribution < 1.29 is 4.42 Å². The van der Waals surface area contributed by atoms with Crippen LogP contribution in [-0.4, -0.2) is 29.4 Å². The highest BCUT2D eigenvalue weighted by Crippen LogP contribution is 2.23. The number of hydrogen-bond donors (Lipinski definition) is 2. The van der Waals surface area contributed by atoms with E-state index in [0.717, 1.165) is 29.7 Å². The Hall–Kier alpha value is -3.33. The van der Waals surface area contributed by atoms with E-state index in [9.17, 15) is 0 Å². The topological polar surface area (TPSA) is 100 Å². The average Bonchev–Trinajstić information content (AvgIpc) is 3.42. The Bertz CT molecular complexity index is 1260. The minimum atomic E-state index is 0.263. The number of nitrogens with two attached hydrogens (primary N) is 1. The normalized spacial score (nSPS) is 11.6. The molecule has 4 aromatic heterocycles. The molecule has 28 heavy (non-hydrogen) atoms. The summed E-state index contributed by atoms with van der Waals surface area (Å²) in [5.41, 5.74) is 8.71. The molecular weight excluding hydrogens is 374 g/mol. The van der Waals surface area contributed by atoms with E-state index in [0.29, 0.717) is 22.9 Å². The SMILES string of the molecule is Nc1nc2c(cnn2CCCc2ccc(S)cc2)c2nc(-c3ccco3)nn12. The molecule has 140 valence electrons. The van der Waals surface area contributed by atoms with Crippen molar-refractivity contribution in [2.75, 3.05) is 5.73 Å². The van der Waals surface area contributed by atoms with Gasteiger partial charge in [0.15, 0.2) is 17.1 Å². The minimum Gasteiger partial charge on any atom is -0.461 e. The number of aryl methyl sites for hydroxylation is 2. The molecule has 0 bridgehead atoms. The van der Waals surface area contributed by atoms with Crippen LogP contribution in [0.25, 0.3) is 28.3 Å². The third-order valence-electron chi connectivity index (χ3n) is 4.61. The van der Waals surface area contributed by atoms with Gasteiger partial charge in [-0.25, -0.2) is 9.67 Å². The van der Waals surface area contributed by atoms with Gasteiger partial charge in [-0.2, -0.15) is 14.6 Å². The quantitative estimate of drug-likeness (QED) is 0.446. The molecule has 0 fully saturated rings. The van der Waals surface area contributed by atoms with Crippen LogP contribution in [0, 0.1) is 0 Å². The van der Waals surface area contributed by atoms with Crippen LogP contribution >= 0.6 is 12.6 Å². The Morgan fingerprint density at radius 2 is 1.93 bits per heavy atom. The summed E-state index contributed by atoms with van der Waals surface area (Å²) in [6.07, 6.45) is 5.22. The maximum Gasteiger partial charge on any atom is 0.225 e. The predicted molar refractivity (Wildman–Crippen MR) is 108 cm³/mol. The Kier molecular flexibility index (Phi) is 4.01. The highest BCUT2D eigenvalue weighted by molar-refractivity contribution is 7.80. The number of furan rings is 1. The van der Waals surface area contributed by atoms with E-state index < -0.39 is 0 Å². The molecule has 5 rings (SSSR count). The van der Waals surface area contributed by atoms with Crippen LogP contribution in [0.3, 0.4) is 0 Å². The molecule has 1 aromatic carbocycles. The molecular formula is C19H17N7OS. The van der Waals surface area contributed by atoms with Crippen molar-refractivity contribution in [2.45, 2.75) is 24.3 Å². The molecule has 0 unspecified atom stereocenters. The van der Waals surface area contributed by atoms with Crippen LogP contribution in [0.15, 0.2) is 58.2 Å². The molecule has 2 N–H and O–H groups in total. The van der Waals surface area contributed by atoms with Crippen LogP contribution in [0.4, 0.5) is 5.95 Å². The van der Waals surface area contributed by atoms with Crippen LogP contribution in [0.2, 0.25) is 0 Å². The summed E-state index contributed by atoms with van der Waals surface area (Å²) in [6.45, 7) is 0.730. The van der Waals surface area contributed by atoms with E-state index in [2.05, 4.69) is 44.9 Å². The molecule has 5 aromatic rings. The van der Waals surface area contributed by atoms with Crippen molar-refractivity contribution in [2.24, 2.45) is 0 Å². The lowest BCUT2D eigenvalue weighted by molar-refractivity contribution is 0.577. The molecule has 0 saturated carbocycles. The second kappa shape index (κ2) is 6.68. The lowest BCUT2D eigenvalue weighted by atomic mass is 10.1. The van der Waals surface area contributed by atoms with E-state index in [4.69, 9.17) is 10.2 Å². The van der Waals surface area contributed by atoms with Gasteiger partial charge in [-0.3, -0.25) is 0 Å². The summed E-state index contributed by atoms with van der Waals surface area (Å²) >= 11 is 4.32. The average molecular weight is 391 g/mol. The summed E-state index contributed by atoms with van der Waals surface area (Å²) in [6, 6.07) is 11.8. The zero-order valence-corrected chi connectivity index (χ0v) is 15.8. The molecule has 0 spiro atoms. The van der Waals surface area contributed by atoms with E-state index >= 15 is 0 Å². The lowest BCUT2D eigenvalue weighted by Gasteiger charge is -2.05. The van der Waals surface area contributed by atoms with Crippen LogP contribution in [0.1, 0.15) is 12.0 Å². The largest absolute Gasteiger partial charge is 0.461 e. The first-order valence-electron chi connectivity index (χ1n) is 8.88. The van der Waals surface area contributed by atoms with Gasteiger partial charge in [0.1, 0.15) is 0 Å². The first-order valence-corrected chi connectivity index (χ1v) is 9.33. The highest BCUT2D eigenvalue weighted by atomic mass is 32.1. The second-order valence-corrected chi connectivity index (χ2v) is 7.01. The smallest absolute Gasteiger partial charge is 0.225 e. The van der Waals surface area contributed by atoms with Crippen LogP contribution in [0.5, 0.6) is 0 Å². The van der Waals surface area contributed by atoms with Gasteiger partial charge in [-0.05, 0) is 42.7 Å². The Morgan fingerprint density at radius 1 is 1.07 bits per heavy atom. The van der Waals surface area contributed by atoms with Crippen molar-refractivity contribution in [1.29, 1.82) is 0 Å². The summed E-state index contributed by atoms with van der Waals surface area (Å²) in [5, 5.41) is 9.69. The molecule has 0 aliphatic rings. The third kappa shape index (κ3) is 2.89. The Morgan fingerprint density at radius 3 is 2.71 bits per heavy atom. The van der Waals surface area contributed by atoms with E-state index in [-0.39, 0.29) is 5.95 Å². The molecule has 9 heteroatoms. The summed E-state index contributed by atoms with van der Waals surface area (Å²) in [5.74, 6) is 1.31. The fourth-order valence-electron chi connectivity index (χ4n) is 3.23. The molecule has 0 aliphatic carbocycles. The van der Waals surface area contributed by atoms with Crippen molar-refractivity contribution in [3.05, 3.63) is 54.4 Å². The number of nitrogens with zero attached hydrogens (tertiary/aromatic N) is 6. The number of fused-ring (bicyclic) bond motifs is 3. The highest BCUT2D eigenvalue weighted by Gasteiger charge is 2.17. The number of anilines is 1. The molecule has 0 saturated heterocycles. The van der Waals surface area contributed by atoms with Gasteiger partial charge in [0.05, 0.1) is 17.8 Å². The Labute approximate surface area is 165 Å². The number of nitrogen functional groups attached to an aromatic ring is 1. The molecule has 4 heterocycles. The zero-order valence-electron chi connectivity index (χ0n) is 14.9. The van der Waals surface area contributed by atoms with Gasteiger partial charge in [-0.15, -0.1) is 17.7 Å². The number of aromatic nitrogens is 6. The fraction of sp³-hybridized carbons (Fsp3) is 0.158. The Balaban J connectivity index is 1.45. The van der Waals surface area contributed by atoms with Crippen LogP contribution in [-0.2, 0) is 13.0 Å². The summed E-state index contributed by atoms with van der Waals surface area (Å²) in [7, 11) is 0. The van der Waals surface area contributed by atoms with Crippen molar-refractivity contribution in [3.8, 4) is 11.6 Å². The molecule has 0 amide bonds. The first kappa shape index (κ1) is 16.8. The minimum absolute atomic E-state index is 0.263. The number of thiol groups is 1. The summed E-state index contributed by atoms with van der Waals surface area (Å²) in [4.78, 5) is 10.0. The van der Waals surface area contributed by atoms with Gasteiger partial charge in [-0.1, -0.05) is 12.1 Å². The number of rotatable bonds is 5. The van der Waals surface area contributed by atoms with Crippen molar-refractivity contribution >= 4 is 35.3 Å². The molecule has 0 aliphatic heterocycles. The van der Waals surface area contributed by atoms with Gasteiger partial charge in [0.2, 0.25) is 11.8 Å². The van der Waals surface area contributed by atoms with Gasteiger partial charge in [0.25, 0.3) is 0 Å². The number of hydrogen-bond acceptors (Lipinski definition) is 7. The fourth-order valence-corrected chi connectivity index (χ4v) is 3.38. The third-order valence-corrected chi connectivity index (χ3v) is 4.91. The number of benzene rings is 1. The van der Waals surface area contributed by atoms with E-state index in [1.165, 1.54) is 10.1 Å². The van der Waals surface area contributed by atoms with E-state index in [1.54, 1.807) is 24.6 Å². The van der Waals surface area contributed by atoms with E-state index in [1.807, 2.05) is 16.8 Å². The molecule has 8 nitrogen and oxygen atoms in total. The maximum atomic E-state index is 6.12.